The van der Waals surface area contributed by atoms with Gasteiger partial charge in [0.1, 0.15) is 10.9 Å². The number of hydrogen-bond acceptors (Lipinski definition) is 5. The molecule has 10 heteroatoms. The Balaban J connectivity index is 1.58. The maximum absolute atomic E-state index is 13.8. The molecule has 216 valence electrons. The van der Waals surface area contributed by atoms with Crippen LogP contribution in [0.1, 0.15) is 55.1 Å². The first kappa shape index (κ1) is 30.3. The molecule has 0 saturated carbocycles. The molecule has 0 aliphatic carbocycles. The van der Waals surface area contributed by atoms with E-state index in [1.165, 1.54) is 17.0 Å². The third-order valence-electron chi connectivity index (χ3n) is 6.68. The molecule has 3 aromatic carbocycles. The SMILES string of the molecule is CC(C)(C)NC(=O)C(Cc1ccccc1)N(Cc1cccc(Cl)c1)C(=O)CCCN1C(=O)c2ccccc2S1(=O)=O. The summed E-state index contributed by atoms with van der Waals surface area (Å²) in [5.41, 5.74) is 1.23. The van der Waals surface area contributed by atoms with Crippen molar-refractivity contribution in [2.75, 3.05) is 6.54 Å². The Morgan fingerprint density at radius 1 is 0.951 bits per heavy atom. The predicted octanol–water partition coefficient (Wildman–Crippen LogP) is 4.82. The van der Waals surface area contributed by atoms with Gasteiger partial charge in [-0.2, -0.15) is 0 Å². The highest BCUT2D eigenvalue weighted by Gasteiger charge is 2.40. The summed E-state index contributed by atoms with van der Waals surface area (Å²) in [5, 5.41) is 3.51. The van der Waals surface area contributed by atoms with Crippen LogP contribution in [0.15, 0.2) is 83.8 Å². The van der Waals surface area contributed by atoms with Gasteiger partial charge >= 0.3 is 0 Å². The van der Waals surface area contributed by atoms with Gasteiger partial charge in [-0.15, -0.1) is 0 Å². The van der Waals surface area contributed by atoms with Gasteiger partial charge in [0, 0.05) is 36.5 Å². The molecule has 8 nitrogen and oxygen atoms in total. The topological polar surface area (TPSA) is 104 Å². The monoisotopic (exact) mass is 595 g/mol. The minimum atomic E-state index is -3.98. The van der Waals surface area contributed by atoms with Gasteiger partial charge in [-0.25, -0.2) is 12.7 Å². The summed E-state index contributed by atoms with van der Waals surface area (Å²) in [7, 11) is -3.98. The highest BCUT2D eigenvalue weighted by Crippen LogP contribution is 2.30. The van der Waals surface area contributed by atoms with E-state index in [4.69, 9.17) is 11.6 Å². The van der Waals surface area contributed by atoms with Crippen molar-refractivity contribution >= 4 is 39.3 Å². The summed E-state index contributed by atoms with van der Waals surface area (Å²) in [6.45, 7) is 5.60. The van der Waals surface area contributed by atoms with E-state index >= 15 is 0 Å². The van der Waals surface area contributed by atoms with Gasteiger partial charge < -0.3 is 10.2 Å². The number of halogens is 1. The fourth-order valence-corrected chi connectivity index (χ4v) is 6.63. The maximum atomic E-state index is 13.8. The molecule has 1 atom stereocenters. The lowest BCUT2D eigenvalue weighted by Crippen LogP contribution is -2.54. The Kier molecular flexibility index (Phi) is 9.19. The second kappa shape index (κ2) is 12.4. The summed E-state index contributed by atoms with van der Waals surface area (Å²) >= 11 is 6.22. The Bertz CT molecular complexity index is 1540. The summed E-state index contributed by atoms with van der Waals surface area (Å²) in [4.78, 5) is 41.8. The molecular weight excluding hydrogens is 562 g/mol. The van der Waals surface area contributed by atoms with Crippen molar-refractivity contribution in [3.8, 4) is 0 Å². The van der Waals surface area contributed by atoms with Crippen molar-refractivity contribution in [3.05, 3.63) is 101 Å². The number of nitrogens with one attached hydrogen (secondary N) is 1. The predicted molar refractivity (Wildman–Crippen MR) is 158 cm³/mol. The third-order valence-corrected chi connectivity index (χ3v) is 8.75. The van der Waals surface area contributed by atoms with E-state index in [2.05, 4.69) is 5.32 Å². The molecule has 1 N–H and O–H groups in total. The van der Waals surface area contributed by atoms with Crippen LogP contribution in [0.2, 0.25) is 5.02 Å². The zero-order valence-electron chi connectivity index (χ0n) is 23.3. The zero-order chi connectivity index (χ0) is 29.8. The van der Waals surface area contributed by atoms with Gasteiger partial charge in [0.05, 0.1) is 5.56 Å². The standard InChI is InChI=1S/C31H34ClN3O5S/c1-31(2,3)33-29(37)26(20-22-11-5-4-6-12-22)34(21-23-13-9-14-24(32)19-23)28(36)17-10-18-35-30(38)25-15-7-8-16-27(25)41(35,39)40/h4-9,11-16,19,26H,10,17-18,20-21H2,1-3H3,(H,33,37). The molecule has 0 bridgehead atoms. The van der Waals surface area contributed by atoms with E-state index in [9.17, 15) is 22.8 Å². The second-order valence-corrected chi connectivity index (χ2v) is 13.3. The van der Waals surface area contributed by atoms with Crippen LogP contribution in [-0.2, 0) is 32.6 Å². The average Bonchev–Trinajstić information content (AvgIpc) is 3.10. The molecule has 0 spiro atoms. The fraction of sp³-hybridized carbons (Fsp3) is 0.323. The highest BCUT2D eigenvalue weighted by molar-refractivity contribution is 7.90. The van der Waals surface area contributed by atoms with Crippen LogP contribution in [0.5, 0.6) is 0 Å². The van der Waals surface area contributed by atoms with Crippen molar-refractivity contribution in [2.24, 2.45) is 0 Å². The second-order valence-electron chi connectivity index (χ2n) is 11.1. The number of benzene rings is 3. The van der Waals surface area contributed by atoms with E-state index in [-0.39, 0.29) is 54.6 Å². The van der Waals surface area contributed by atoms with Gasteiger partial charge in [-0.3, -0.25) is 14.4 Å². The van der Waals surface area contributed by atoms with Gasteiger partial charge in [0.2, 0.25) is 11.8 Å². The van der Waals surface area contributed by atoms with Crippen LogP contribution in [-0.4, -0.2) is 53.5 Å². The van der Waals surface area contributed by atoms with Crippen molar-refractivity contribution in [3.63, 3.8) is 0 Å². The van der Waals surface area contributed by atoms with Crippen LogP contribution < -0.4 is 5.32 Å². The lowest BCUT2D eigenvalue weighted by Gasteiger charge is -2.34. The molecule has 1 aliphatic rings. The largest absolute Gasteiger partial charge is 0.350 e. The van der Waals surface area contributed by atoms with Crippen molar-refractivity contribution in [1.82, 2.24) is 14.5 Å². The van der Waals surface area contributed by atoms with E-state index < -0.39 is 27.5 Å². The zero-order valence-corrected chi connectivity index (χ0v) is 24.9. The number of carbonyl (C=O) groups is 3. The minimum absolute atomic E-state index is 0.0271. The number of fused-ring (bicyclic) bond motifs is 1. The average molecular weight is 596 g/mol. The summed E-state index contributed by atoms with van der Waals surface area (Å²) < 4.78 is 26.7. The van der Waals surface area contributed by atoms with Gasteiger partial charge in [-0.1, -0.05) is 66.2 Å². The van der Waals surface area contributed by atoms with Crippen LogP contribution in [0.3, 0.4) is 0 Å². The Labute approximate surface area is 246 Å². The minimum Gasteiger partial charge on any atom is -0.350 e. The molecular formula is C31H34ClN3O5S. The number of rotatable bonds is 10. The Hall–Kier alpha value is -3.69. The summed E-state index contributed by atoms with van der Waals surface area (Å²) in [6, 6.07) is 21.8. The van der Waals surface area contributed by atoms with Gasteiger partial charge in [0.25, 0.3) is 15.9 Å². The molecule has 0 fully saturated rings. The Morgan fingerprint density at radius 3 is 2.27 bits per heavy atom. The molecule has 0 saturated heterocycles. The van der Waals surface area contributed by atoms with Crippen LogP contribution in [0, 0.1) is 0 Å². The highest BCUT2D eigenvalue weighted by atomic mass is 35.5. The van der Waals surface area contributed by atoms with Crippen molar-refractivity contribution in [1.29, 1.82) is 0 Å². The van der Waals surface area contributed by atoms with Crippen molar-refractivity contribution in [2.45, 2.75) is 63.1 Å². The lowest BCUT2D eigenvalue weighted by atomic mass is 10.00. The molecule has 3 aromatic rings. The van der Waals surface area contributed by atoms with Crippen LogP contribution in [0.25, 0.3) is 0 Å². The smallest absolute Gasteiger partial charge is 0.269 e. The van der Waals surface area contributed by atoms with Crippen molar-refractivity contribution < 1.29 is 22.8 Å². The molecule has 1 unspecified atom stereocenters. The van der Waals surface area contributed by atoms with Crippen LogP contribution in [0.4, 0.5) is 0 Å². The maximum Gasteiger partial charge on any atom is 0.269 e. The van der Waals surface area contributed by atoms with E-state index in [1.54, 1.807) is 30.3 Å². The van der Waals surface area contributed by atoms with E-state index in [0.29, 0.717) is 5.02 Å². The molecule has 41 heavy (non-hydrogen) atoms. The summed E-state index contributed by atoms with van der Waals surface area (Å²) in [6.07, 6.45) is 0.316. The third kappa shape index (κ3) is 7.34. The first-order valence-electron chi connectivity index (χ1n) is 13.4. The molecule has 1 heterocycles. The van der Waals surface area contributed by atoms with E-state index in [1.807, 2.05) is 57.2 Å². The molecule has 4 rings (SSSR count). The fourth-order valence-electron chi connectivity index (χ4n) is 4.81. The van der Waals surface area contributed by atoms with E-state index in [0.717, 1.165) is 15.4 Å². The number of nitrogens with zero attached hydrogens (tertiary/aromatic N) is 2. The summed E-state index contributed by atoms with van der Waals surface area (Å²) in [5.74, 6) is -1.24. The quantitative estimate of drug-likeness (QED) is 0.362. The van der Waals surface area contributed by atoms with Gasteiger partial charge in [-0.05, 0) is 62.6 Å². The number of amides is 3. The lowest BCUT2D eigenvalue weighted by molar-refractivity contribution is -0.142. The molecule has 0 radical (unpaired) electrons. The Morgan fingerprint density at radius 2 is 1.61 bits per heavy atom. The number of hydrogen-bond donors (Lipinski definition) is 1. The molecule has 0 aromatic heterocycles. The number of sulfonamides is 1. The molecule has 1 aliphatic heterocycles. The number of carbonyl (C=O) groups excluding carboxylic acids is 3. The first-order chi connectivity index (χ1) is 19.4. The normalized spacial score (nSPS) is 14.8. The van der Waals surface area contributed by atoms with Crippen LogP contribution >= 0.6 is 11.6 Å². The first-order valence-corrected chi connectivity index (χ1v) is 15.2. The molecule has 3 amide bonds. The van der Waals surface area contributed by atoms with Gasteiger partial charge in [0.15, 0.2) is 0 Å².